The minimum atomic E-state index is -1.19. The molecule has 0 bridgehead atoms. The summed E-state index contributed by atoms with van der Waals surface area (Å²) in [4.78, 5) is 17.6. The maximum Gasteiger partial charge on any atom is 0.375 e. The molecular weight excluding hydrogens is 208 g/mol. The summed E-state index contributed by atoms with van der Waals surface area (Å²) < 4.78 is 0. The summed E-state index contributed by atoms with van der Waals surface area (Å²) in [5.41, 5.74) is 1.89. The van der Waals surface area contributed by atoms with Crippen LogP contribution in [0.2, 0.25) is 0 Å². The average molecular weight is 214 g/mol. The van der Waals surface area contributed by atoms with Gasteiger partial charge < -0.3 is 10.1 Å². The number of aromatic nitrogens is 4. The second-order valence-electron chi connectivity index (χ2n) is 3.31. The number of nitrogens with one attached hydrogen (secondary N) is 1. The second kappa shape index (κ2) is 2.99. The predicted octanol–water partition coefficient (Wildman–Crippen LogP) is 1.20. The first-order valence-corrected chi connectivity index (χ1v) is 4.60. The number of hydrogen-bond donors (Lipinski definition) is 2. The number of nitrogens with zero attached hydrogens (tertiary/aromatic N) is 3. The van der Waals surface area contributed by atoms with Crippen molar-refractivity contribution in [3.8, 4) is 0 Å². The molecule has 0 spiro atoms. The highest BCUT2D eigenvalue weighted by atomic mass is 16.4. The molecule has 0 aliphatic heterocycles. The summed E-state index contributed by atoms with van der Waals surface area (Å²) >= 11 is 0. The van der Waals surface area contributed by atoms with E-state index in [0.717, 1.165) is 10.9 Å². The van der Waals surface area contributed by atoms with Gasteiger partial charge in [0.05, 0.1) is 0 Å². The third-order valence-electron chi connectivity index (χ3n) is 2.31. The zero-order chi connectivity index (χ0) is 11.1. The SMILES string of the molecule is O=C(O)c1nnc2c(n1)[nH]c1ccccc12. The molecule has 78 valence electrons. The molecule has 0 aliphatic rings. The van der Waals surface area contributed by atoms with Crippen molar-refractivity contribution >= 4 is 28.0 Å². The minimum absolute atomic E-state index is 0.306. The van der Waals surface area contributed by atoms with E-state index in [9.17, 15) is 4.79 Å². The summed E-state index contributed by atoms with van der Waals surface area (Å²) in [6, 6.07) is 7.51. The second-order valence-corrected chi connectivity index (χ2v) is 3.31. The number of aromatic carboxylic acids is 1. The van der Waals surface area contributed by atoms with E-state index >= 15 is 0 Å². The van der Waals surface area contributed by atoms with Crippen LogP contribution < -0.4 is 0 Å². The van der Waals surface area contributed by atoms with E-state index in [0.29, 0.717) is 11.2 Å². The van der Waals surface area contributed by atoms with Gasteiger partial charge in [-0.1, -0.05) is 18.2 Å². The van der Waals surface area contributed by atoms with Crippen molar-refractivity contribution in [3.05, 3.63) is 30.1 Å². The van der Waals surface area contributed by atoms with Crippen LogP contribution >= 0.6 is 0 Å². The molecular formula is C10H6N4O2. The number of hydrogen-bond acceptors (Lipinski definition) is 4. The van der Waals surface area contributed by atoms with Gasteiger partial charge in [-0.2, -0.15) is 0 Å². The van der Waals surface area contributed by atoms with Crippen LogP contribution in [-0.2, 0) is 0 Å². The Balaban J connectivity index is 2.41. The van der Waals surface area contributed by atoms with Gasteiger partial charge in [0.1, 0.15) is 5.52 Å². The van der Waals surface area contributed by atoms with Crippen LogP contribution in [0.1, 0.15) is 10.6 Å². The molecule has 2 heterocycles. The number of para-hydroxylation sites is 1. The largest absolute Gasteiger partial charge is 0.475 e. The molecule has 0 aliphatic carbocycles. The standard InChI is InChI=1S/C10H6N4O2/c15-10(16)9-12-8-7(13-14-9)5-3-1-2-4-6(5)11-8/h1-4H,(H,15,16)(H,11,12,14). The molecule has 1 aromatic carbocycles. The highest BCUT2D eigenvalue weighted by molar-refractivity contribution is 6.03. The van der Waals surface area contributed by atoms with Gasteiger partial charge in [-0.15, -0.1) is 10.2 Å². The van der Waals surface area contributed by atoms with E-state index in [2.05, 4.69) is 20.2 Å². The lowest BCUT2D eigenvalue weighted by Gasteiger charge is -1.91. The van der Waals surface area contributed by atoms with Crippen LogP contribution in [0.15, 0.2) is 24.3 Å². The number of carbonyl (C=O) groups is 1. The van der Waals surface area contributed by atoms with Gasteiger partial charge in [-0.05, 0) is 6.07 Å². The molecule has 0 saturated carbocycles. The van der Waals surface area contributed by atoms with E-state index in [1.807, 2.05) is 24.3 Å². The number of rotatable bonds is 1. The molecule has 0 unspecified atom stereocenters. The van der Waals surface area contributed by atoms with Crippen molar-refractivity contribution < 1.29 is 9.90 Å². The van der Waals surface area contributed by atoms with Crippen LogP contribution in [0.3, 0.4) is 0 Å². The van der Waals surface area contributed by atoms with E-state index < -0.39 is 5.97 Å². The van der Waals surface area contributed by atoms with Crippen LogP contribution in [0, 0.1) is 0 Å². The van der Waals surface area contributed by atoms with Gasteiger partial charge in [-0.3, -0.25) is 0 Å². The molecule has 0 amide bonds. The van der Waals surface area contributed by atoms with E-state index in [-0.39, 0.29) is 5.82 Å². The normalized spacial score (nSPS) is 11.0. The molecule has 6 heteroatoms. The van der Waals surface area contributed by atoms with E-state index in [1.165, 1.54) is 0 Å². The van der Waals surface area contributed by atoms with Crippen molar-refractivity contribution in [3.63, 3.8) is 0 Å². The fourth-order valence-corrected chi connectivity index (χ4v) is 1.61. The van der Waals surface area contributed by atoms with Crippen LogP contribution in [0.4, 0.5) is 0 Å². The monoisotopic (exact) mass is 214 g/mol. The number of aromatic amines is 1. The van der Waals surface area contributed by atoms with Gasteiger partial charge >= 0.3 is 5.97 Å². The lowest BCUT2D eigenvalue weighted by Crippen LogP contribution is -2.05. The first-order valence-electron chi connectivity index (χ1n) is 4.60. The van der Waals surface area contributed by atoms with Crippen LogP contribution in [0.25, 0.3) is 22.1 Å². The Bertz CT molecular complexity index is 704. The maximum absolute atomic E-state index is 10.7. The topological polar surface area (TPSA) is 91.8 Å². The summed E-state index contributed by atoms with van der Waals surface area (Å²) in [5, 5.41) is 17.0. The third kappa shape index (κ3) is 1.13. The third-order valence-corrected chi connectivity index (χ3v) is 2.31. The molecule has 3 aromatic rings. The Kier molecular flexibility index (Phi) is 1.64. The van der Waals surface area contributed by atoms with Gasteiger partial charge in [0.15, 0.2) is 5.65 Å². The first kappa shape index (κ1) is 8.78. The lowest BCUT2D eigenvalue weighted by molar-refractivity contribution is 0.0682. The smallest absolute Gasteiger partial charge is 0.375 e. The van der Waals surface area contributed by atoms with Gasteiger partial charge in [0.25, 0.3) is 5.82 Å². The fourth-order valence-electron chi connectivity index (χ4n) is 1.61. The molecule has 0 fully saturated rings. The Morgan fingerprint density at radius 1 is 1.25 bits per heavy atom. The molecule has 6 nitrogen and oxygen atoms in total. The minimum Gasteiger partial charge on any atom is -0.475 e. The summed E-state index contributed by atoms with van der Waals surface area (Å²) in [5.74, 6) is -1.49. The van der Waals surface area contributed by atoms with Crippen molar-refractivity contribution in [1.29, 1.82) is 0 Å². The van der Waals surface area contributed by atoms with Crippen molar-refractivity contribution in [1.82, 2.24) is 20.2 Å². The first-order chi connectivity index (χ1) is 7.75. The number of carboxylic acid groups (broad SMARTS) is 1. The molecule has 0 saturated heterocycles. The average Bonchev–Trinajstić information content (AvgIpc) is 2.66. The molecule has 0 radical (unpaired) electrons. The number of fused-ring (bicyclic) bond motifs is 3. The molecule has 0 atom stereocenters. The van der Waals surface area contributed by atoms with Crippen molar-refractivity contribution in [2.24, 2.45) is 0 Å². The van der Waals surface area contributed by atoms with Crippen LogP contribution in [0.5, 0.6) is 0 Å². The number of carboxylic acids is 1. The zero-order valence-electron chi connectivity index (χ0n) is 8.01. The quantitative estimate of drug-likeness (QED) is 0.635. The van der Waals surface area contributed by atoms with Gasteiger partial charge in [-0.25, -0.2) is 9.78 Å². The molecule has 2 aromatic heterocycles. The Hall–Kier alpha value is -2.50. The fraction of sp³-hybridized carbons (Fsp3) is 0. The van der Waals surface area contributed by atoms with Crippen molar-refractivity contribution in [2.45, 2.75) is 0 Å². The number of benzene rings is 1. The Morgan fingerprint density at radius 2 is 2.06 bits per heavy atom. The highest BCUT2D eigenvalue weighted by Gasteiger charge is 2.12. The van der Waals surface area contributed by atoms with Gasteiger partial charge in [0.2, 0.25) is 0 Å². The predicted molar refractivity (Wildman–Crippen MR) is 56.1 cm³/mol. The zero-order valence-corrected chi connectivity index (χ0v) is 8.01. The van der Waals surface area contributed by atoms with E-state index in [4.69, 9.17) is 5.11 Å². The summed E-state index contributed by atoms with van der Waals surface area (Å²) in [6.45, 7) is 0. The molecule has 2 N–H and O–H groups in total. The van der Waals surface area contributed by atoms with E-state index in [1.54, 1.807) is 0 Å². The molecule has 3 rings (SSSR count). The van der Waals surface area contributed by atoms with Crippen LogP contribution in [-0.4, -0.2) is 31.2 Å². The van der Waals surface area contributed by atoms with Gasteiger partial charge in [0, 0.05) is 10.9 Å². The number of H-pyrrole nitrogens is 1. The Labute approximate surface area is 89.0 Å². The summed E-state index contributed by atoms with van der Waals surface area (Å²) in [6.07, 6.45) is 0. The Morgan fingerprint density at radius 3 is 2.88 bits per heavy atom. The maximum atomic E-state index is 10.7. The highest BCUT2D eigenvalue weighted by Crippen LogP contribution is 2.20. The van der Waals surface area contributed by atoms with Crippen molar-refractivity contribution in [2.75, 3.05) is 0 Å². The lowest BCUT2D eigenvalue weighted by atomic mass is 10.2. The molecule has 16 heavy (non-hydrogen) atoms. The summed E-state index contributed by atoms with van der Waals surface area (Å²) in [7, 11) is 0.